The van der Waals surface area contributed by atoms with Crippen LogP contribution >= 0.6 is 11.3 Å². The van der Waals surface area contributed by atoms with E-state index >= 15 is 0 Å². The molecule has 0 aliphatic heterocycles. The maximum atomic E-state index is 11.3. The van der Waals surface area contributed by atoms with Crippen molar-refractivity contribution >= 4 is 28.1 Å². The summed E-state index contributed by atoms with van der Waals surface area (Å²) in [6.07, 6.45) is 1.57. The summed E-state index contributed by atoms with van der Waals surface area (Å²) in [5.41, 5.74) is 2.85. The van der Waals surface area contributed by atoms with Gasteiger partial charge in [-0.3, -0.25) is 0 Å². The second-order valence-corrected chi connectivity index (χ2v) is 6.22. The van der Waals surface area contributed by atoms with E-state index in [1.54, 1.807) is 0 Å². The molecule has 0 aliphatic carbocycles. The summed E-state index contributed by atoms with van der Waals surface area (Å²) < 4.78 is 0. The Balaban J connectivity index is 2.32. The van der Waals surface area contributed by atoms with Crippen molar-refractivity contribution in [1.82, 2.24) is 4.98 Å². The van der Waals surface area contributed by atoms with Gasteiger partial charge in [0.1, 0.15) is 4.88 Å². The number of aromatic carboxylic acids is 1. The average Bonchev–Trinajstić information content (AvgIpc) is 2.82. The van der Waals surface area contributed by atoms with Crippen molar-refractivity contribution in [3.8, 4) is 0 Å². The van der Waals surface area contributed by atoms with Gasteiger partial charge in [0, 0.05) is 5.69 Å². The highest BCUT2D eigenvalue weighted by atomic mass is 32.1. The molecule has 0 amide bonds. The van der Waals surface area contributed by atoms with Crippen molar-refractivity contribution in [1.29, 1.82) is 0 Å². The molecule has 0 saturated heterocycles. The van der Waals surface area contributed by atoms with E-state index in [1.165, 1.54) is 16.9 Å². The number of aryl methyl sites for hydroxylation is 1. The smallest absolute Gasteiger partial charge is 0.347 e. The Morgan fingerprint density at radius 1 is 1.38 bits per heavy atom. The number of aromatic nitrogens is 1. The van der Waals surface area contributed by atoms with Gasteiger partial charge >= 0.3 is 5.97 Å². The first-order valence-electron chi connectivity index (χ1n) is 7.11. The Morgan fingerprint density at radius 2 is 2.10 bits per heavy atom. The normalized spacial score (nSPS) is 10.9. The van der Waals surface area contributed by atoms with Crippen LogP contribution in [0.4, 0.5) is 10.8 Å². The third kappa shape index (κ3) is 3.61. The molecule has 2 rings (SSSR count). The number of hydrogen-bond donors (Lipinski definition) is 2. The highest BCUT2D eigenvalue weighted by molar-refractivity contribution is 7.17. The Bertz CT molecular complexity index is 635. The summed E-state index contributed by atoms with van der Waals surface area (Å²) in [6, 6.07) is 8.04. The maximum absolute atomic E-state index is 11.3. The number of nitrogens with one attached hydrogen (secondary N) is 1. The SMILES string of the molecule is CCCc1nc(Nc2ccccc2C(C)C)sc1C(=O)O. The molecule has 4 nitrogen and oxygen atoms in total. The predicted molar refractivity (Wildman–Crippen MR) is 86.9 cm³/mol. The maximum Gasteiger partial charge on any atom is 0.347 e. The monoisotopic (exact) mass is 304 g/mol. The molecule has 0 radical (unpaired) electrons. The molecule has 5 heteroatoms. The Hall–Kier alpha value is -1.88. The summed E-state index contributed by atoms with van der Waals surface area (Å²) in [5, 5.41) is 13.2. The minimum Gasteiger partial charge on any atom is -0.477 e. The van der Waals surface area contributed by atoms with Crippen LogP contribution in [0.2, 0.25) is 0 Å². The lowest BCUT2D eigenvalue weighted by molar-refractivity contribution is 0.0700. The van der Waals surface area contributed by atoms with E-state index in [0.29, 0.717) is 28.0 Å². The highest BCUT2D eigenvalue weighted by Crippen LogP contribution is 2.30. The summed E-state index contributed by atoms with van der Waals surface area (Å²) in [7, 11) is 0. The molecule has 0 bridgehead atoms. The molecule has 2 aromatic rings. The zero-order chi connectivity index (χ0) is 15.4. The Labute approximate surface area is 128 Å². The van der Waals surface area contributed by atoms with E-state index in [0.717, 1.165) is 12.1 Å². The van der Waals surface area contributed by atoms with Crippen LogP contribution < -0.4 is 5.32 Å². The van der Waals surface area contributed by atoms with Crippen LogP contribution in [-0.2, 0) is 6.42 Å². The topological polar surface area (TPSA) is 62.2 Å². The van der Waals surface area contributed by atoms with Crippen LogP contribution in [-0.4, -0.2) is 16.1 Å². The summed E-state index contributed by atoms with van der Waals surface area (Å²) in [4.78, 5) is 16.1. The van der Waals surface area contributed by atoms with Gasteiger partial charge in [-0.1, -0.05) is 56.7 Å². The minimum absolute atomic E-state index is 0.335. The predicted octanol–water partition coefficient (Wildman–Crippen LogP) is 4.66. The van der Waals surface area contributed by atoms with Crippen LogP contribution in [0.5, 0.6) is 0 Å². The van der Waals surface area contributed by atoms with Crippen molar-refractivity contribution < 1.29 is 9.90 Å². The molecule has 0 unspecified atom stereocenters. The molecule has 1 aromatic carbocycles. The van der Waals surface area contributed by atoms with Crippen LogP contribution in [0, 0.1) is 0 Å². The van der Waals surface area contributed by atoms with Gasteiger partial charge in [-0.15, -0.1) is 0 Å². The fourth-order valence-electron chi connectivity index (χ4n) is 2.21. The number of anilines is 2. The number of thiazole rings is 1. The molecule has 0 atom stereocenters. The largest absolute Gasteiger partial charge is 0.477 e. The third-order valence-corrected chi connectivity index (χ3v) is 4.20. The fraction of sp³-hybridized carbons (Fsp3) is 0.375. The van der Waals surface area contributed by atoms with Gasteiger partial charge in [0.2, 0.25) is 0 Å². The second kappa shape index (κ2) is 6.72. The van der Waals surface area contributed by atoms with Gasteiger partial charge in [0.05, 0.1) is 5.69 Å². The van der Waals surface area contributed by atoms with Crippen molar-refractivity contribution in [3.05, 3.63) is 40.4 Å². The third-order valence-electron chi connectivity index (χ3n) is 3.20. The second-order valence-electron chi connectivity index (χ2n) is 5.22. The van der Waals surface area contributed by atoms with E-state index < -0.39 is 5.97 Å². The van der Waals surface area contributed by atoms with Crippen LogP contribution in [0.3, 0.4) is 0 Å². The average molecular weight is 304 g/mol. The number of nitrogens with zero attached hydrogens (tertiary/aromatic N) is 1. The molecule has 21 heavy (non-hydrogen) atoms. The lowest BCUT2D eigenvalue weighted by atomic mass is 10.0. The molecule has 2 N–H and O–H groups in total. The molecule has 1 aromatic heterocycles. The highest BCUT2D eigenvalue weighted by Gasteiger charge is 2.17. The molecule has 0 saturated carbocycles. The van der Waals surface area contributed by atoms with Crippen LogP contribution in [0.25, 0.3) is 0 Å². The van der Waals surface area contributed by atoms with E-state index in [1.807, 2.05) is 25.1 Å². The van der Waals surface area contributed by atoms with Crippen molar-refractivity contribution in [2.45, 2.75) is 39.5 Å². The van der Waals surface area contributed by atoms with E-state index in [2.05, 4.69) is 30.2 Å². The summed E-state index contributed by atoms with van der Waals surface area (Å²) in [6.45, 7) is 6.28. The lowest BCUT2D eigenvalue weighted by Gasteiger charge is -2.12. The Morgan fingerprint density at radius 3 is 2.71 bits per heavy atom. The number of carbonyl (C=O) groups is 1. The first kappa shape index (κ1) is 15.5. The summed E-state index contributed by atoms with van der Waals surface area (Å²) in [5.74, 6) is -0.510. The zero-order valence-electron chi connectivity index (χ0n) is 12.5. The zero-order valence-corrected chi connectivity index (χ0v) is 13.3. The van der Waals surface area contributed by atoms with Crippen molar-refractivity contribution in [3.63, 3.8) is 0 Å². The molecular formula is C16H20N2O2S. The number of hydrogen-bond acceptors (Lipinski definition) is 4. The van der Waals surface area contributed by atoms with Gasteiger partial charge in [-0.25, -0.2) is 9.78 Å². The molecule has 0 fully saturated rings. The van der Waals surface area contributed by atoms with Crippen molar-refractivity contribution in [2.24, 2.45) is 0 Å². The minimum atomic E-state index is -0.902. The Kier molecular flexibility index (Phi) is 4.96. The molecule has 1 heterocycles. The first-order chi connectivity index (χ1) is 10.0. The van der Waals surface area contributed by atoms with E-state index in [9.17, 15) is 9.90 Å². The first-order valence-corrected chi connectivity index (χ1v) is 7.93. The molecular weight excluding hydrogens is 284 g/mol. The lowest BCUT2D eigenvalue weighted by Crippen LogP contribution is -1.98. The van der Waals surface area contributed by atoms with Gasteiger partial charge in [-0.05, 0) is 24.0 Å². The molecule has 112 valence electrons. The van der Waals surface area contributed by atoms with Gasteiger partial charge in [-0.2, -0.15) is 0 Å². The fourth-order valence-corrected chi connectivity index (χ4v) is 3.07. The van der Waals surface area contributed by atoms with Gasteiger partial charge < -0.3 is 10.4 Å². The number of para-hydroxylation sites is 1. The number of carboxylic acids is 1. The van der Waals surface area contributed by atoms with Crippen LogP contribution in [0.1, 0.15) is 54.0 Å². The van der Waals surface area contributed by atoms with Crippen molar-refractivity contribution in [2.75, 3.05) is 5.32 Å². The van der Waals surface area contributed by atoms with E-state index in [-0.39, 0.29) is 0 Å². The number of carboxylic acid groups (broad SMARTS) is 1. The van der Waals surface area contributed by atoms with Crippen LogP contribution in [0.15, 0.2) is 24.3 Å². The number of benzene rings is 1. The summed E-state index contributed by atoms with van der Waals surface area (Å²) >= 11 is 1.20. The number of rotatable bonds is 6. The standard InChI is InChI=1S/C16H20N2O2S/c1-4-7-13-14(15(19)20)21-16(18-13)17-12-9-6-5-8-11(12)10(2)3/h5-6,8-10H,4,7H2,1-3H3,(H,17,18)(H,19,20). The van der Waals surface area contributed by atoms with E-state index in [4.69, 9.17) is 0 Å². The molecule has 0 spiro atoms. The van der Waals surface area contributed by atoms with Gasteiger partial charge in [0.15, 0.2) is 5.13 Å². The molecule has 0 aliphatic rings. The van der Waals surface area contributed by atoms with Gasteiger partial charge in [0.25, 0.3) is 0 Å². The quantitative estimate of drug-likeness (QED) is 0.814.